The third-order valence-electron chi connectivity index (χ3n) is 6.31. The molecule has 1 unspecified atom stereocenters. The van der Waals surface area contributed by atoms with Crippen LogP contribution in [0.5, 0.6) is 5.75 Å². The minimum absolute atomic E-state index is 0. The van der Waals surface area contributed by atoms with Gasteiger partial charge in [-0.25, -0.2) is 5.57 Å². The second-order valence-corrected chi connectivity index (χ2v) is 9.60. The SMILES string of the molecule is CC1=[C-]C(C)C(C)=C1C.Cl.Cl.Oc1cccc(-c2ccccc2)c1.[Ti+]=[C](c1ccccc1)c1ccccc1. The summed E-state index contributed by atoms with van der Waals surface area (Å²) in [6, 6.07) is 38.2. The van der Waals surface area contributed by atoms with Gasteiger partial charge in [-0.05, 0) is 23.3 Å². The number of rotatable bonds is 3. The van der Waals surface area contributed by atoms with Crippen LogP contribution in [0.3, 0.4) is 0 Å². The van der Waals surface area contributed by atoms with E-state index in [-0.39, 0.29) is 24.8 Å². The molecule has 0 amide bonds. The molecule has 0 radical (unpaired) electrons. The van der Waals surface area contributed by atoms with E-state index >= 15 is 0 Å². The number of halogens is 2. The van der Waals surface area contributed by atoms with Crippen molar-refractivity contribution in [2.45, 2.75) is 27.7 Å². The van der Waals surface area contributed by atoms with Crippen molar-refractivity contribution in [2.24, 2.45) is 5.92 Å². The van der Waals surface area contributed by atoms with Crippen LogP contribution in [0, 0.1) is 12.0 Å². The molecule has 0 aliphatic heterocycles. The summed E-state index contributed by atoms with van der Waals surface area (Å²) in [6.45, 7) is 8.67. The standard InChI is InChI=1S/C13H10.C12H10O.C9H13.2ClH.Ti/c1-3-7-12(8-4-1)11-13-9-5-2-6-10-13;13-12-8-4-7-11(9-12)10-5-2-1-3-6-10;1-6-5-7(2)9(4)8(6)3;;;/h1-10H;1-9,13H;6H,1-4H3;2*1H;/q;;-1;;;+1. The second kappa shape index (κ2) is 17.0. The Labute approximate surface area is 252 Å². The van der Waals surface area contributed by atoms with Crippen molar-refractivity contribution in [1.82, 2.24) is 0 Å². The van der Waals surface area contributed by atoms with Crippen molar-refractivity contribution in [3.63, 3.8) is 0 Å². The van der Waals surface area contributed by atoms with Gasteiger partial charge in [-0.1, -0.05) is 69.2 Å². The first-order chi connectivity index (χ1) is 17.4. The average Bonchev–Trinajstić information content (AvgIpc) is 3.15. The van der Waals surface area contributed by atoms with Gasteiger partial charge >= 0.3 is 95.6 Å². The monoisotopic (exact) mass is 577 g/mol. The van der Waals surface area contributed by atoms with Crippen LogP contribution >= 0.6 is 24.8 Å². The zero-order chi connectivity index (χ0) is 25.9. The van der Waals surface area contributed by atoms with Crippen LogP contribution in [0.1, 0.15) is 38.8 Å². The Kier molecular flexibility index (Phi) is 14.9. The molecule has 0 fully saturated rings. The van der Waals surface area contributed by atoms with Crippen LogP contribution in [0.2, 0.25) is 0 Å². The predicted octanol–water partition coefficient (Wildman–Crippen LogP) is 9.43. The molecule has 0 saturated heterocycles. The van der Waals surface area contributed by atoms with Crippen LogP contribution in [-0.4, -0.2) is 8.92 Å². The molecule has 1 aliphatic rings. The van der Waals surface area contributed by atoms with Crippen molar-refractivity contribution < 1.29 is 25.1 Å². The van der Waals surface area contributed by atoms with Crippen molar-refractivity contribution in [3.05, 3.63) is 149 Å². The van der Waals surface area contributed by atoms with Gasteiger partial charge in [-0.3, -0.25) is 6.08 Å². The quantitative estimate of drug-likeness (QED) is 0.190. The molecular weight excluding hydrogens is 543 g/mol. The molecule has 1 nitrogen and oxygen atoms in total. The van der Waals surface area contributed by atoms with Gasteiger partial charge in [0.05, 0.1) is 0 Å². The molecule has 4 heteroatoms. The zero-order valence-corrected chi connectivity index (χ0v) is 25.5. The van der Waals surface area contributed by atoms with E-state index in [1.54, 1.807) is 12.1 Å². The summed E-state index contributed by atoms with van der Waals surface area (Å²) in [4.78, 5) is 0. The Morgan fingerprint density at radius 3 is 1.47 bits per heavy atom. The number of hydrogen-bond acceptors (Lipinski definition) is 1. The number of benzene rings is 4. The first kappa shape index (κ1) is 33.4. The van der Waals surface area contributed by atoms with E-state index in [1.165, 1.54) is 31.7 Å². The van der Waals surface area contributed by atoms with Crippen LogP contribution in [0.25, 0.3) is 11.1 Å². The van der Waals surface area contributed by atoms with E-state index in [4.69, 9.17) is 0 Å². The molecule has 1 aliphatic carbocycles. The first-order valence-electron chi connectivity index (χ1n) is 12.2. The molecule has 0 spiro atoms. The maximum atomic E-state index is 9.27. The molecule has 5 rings (SSSR count). The summed E-state index contributed by atoms with van der Waals surface area (Å²) in [6.07, 6.45) is 3.36. The van der Waals surface area contributed by atoms with Crippen LogP contribution in [-0.2, 0) is 20.0 Å². The van der Waals surface area contributed by atoms with Gasteiger partial charge in [0, 0.05) is 0 Å². The summed E-state index contributed by atoms with van der Waals surface area (Å²) < 4.78 is 1.33. The Bertz CT molecular complexity index is 1290. The number of hydrogen-bond donors (Lipinski definition) is 1. The fraction of sp³-hybridized carbons (Fsp3) is 0.147. The van der Waals surface area contributed by atoms with Crippen LogP contribution in [0.15, 0.2) is 132 Å². The number of allylic oxidation sites excluding steroid dienone is 4. The molecule has 0 saturated carbocycles. The topological polar surface area (TPSA) is 20.2 Å². The fourth-order valence-corrected chi connectivity index (χ4v) is 4.37. The van der Waals surface area contributed by atoms with E-state index in [1.807, 2.05) is 54.6 Å². The zero-order valence-electron chi connectivity index (χ0n) is 22.3. The fourth-order valence-electron chi connectivity index (χ4n) is 3.85. The van der Waals surface area contributed by atoms with E-state index in [9.17, 15) is 5.11 Å². The van der Waals surface area contributed by atoms with Crippen molar-refractivity contribution in [2.75, 3.05) is 0 Å². The van der Waals surface area contributed by atoms with E-state index < -0.39 is 0 Å². The molecule has 1 atom stereocenters. The van der Waals surface area contributed by atoms with E-state index in [0.717, 1.165) is 11.1 Å². The summed E-state index contributed by atoms with van der Waals surface area (Å²) in [7, 11) is 0. The first-order valence-corrected chi connectivity index (χ1v) is 13.0. The van der Waals surface area contributed by atoms with Gasteiger partial charge in [0.15, 0.2) is 0 Å². The van der Waals surface area contributed by atoms with Crippen LogP contribution < -0.4 is 0 Å². The normalized spacial score (nSPS) is 13.4. The van der Waals surface area contributed by atoms with Crippen molar-refractivity contribution in [1.29, 1.82) is 0 Å². The van der Waals surface area contributed by atoms with E-state index in [2.05, 4.69) is 102 Å². The van der Waals surface area contributed by atoms with Crippen LogP contribution in [0.4, 0.5) is 0 Å². The van der Waals surface area contributed by atoms with Crippen molar-refractivity contribution in [3.8, 4) is 16.9 Å². The molecule has 4 aromatic carbocycles. The second-order valence-electron chi connectivity index (χ2n) is 8.82. The molecule has 38 heavy (non-hydrogen) atoms. The Hall–Kier alpha value is -2.68. The third kappa shape index (κ3) is 9.89. The maximum absolute atomic E-state index is 9.27. The number of aromatic hydroxyl groups is 1. The summed E-state index contributed by atoms with van der Waals surface area (Å²) >= 11 is 2.16. The van der Waals surface area contributed by atoms with Gasteiger partial charge in [0.25, 0.3) is 0 Å². The Morgan fingerprint density at radius 1 is 0.658 bits per heavy atom. The minimum atomic E-state index is 0. The molecule has 0 aromatic heterocycles. The molecule has 4 aromatic rings. The van der Waals surface area contributed by atoms with Crippen molar-refractivity contribution >= 4 is 28.6 Å². The summed E-state index contributed by atoms with van der Waals surface area (Å²) in [5, 5.41) is 9.27. The van der Waals surface area contributed by atoms with Gasteiger partial charge in [-0.2, -0.15) is 11.1 Å². The summed E-state index contributed by atoms with van der Waals surface area (Å²) in [5.74, 6) is 0.867. The predicted molar refractivity (Wildman–Crippen MR) is 164 cm³/mol. The Balaban J connectivity index is 0.000000284. The molecule has 0 bridgehead atoms. The Morgan fingerprint density at radius 2 is 1.11 bits per heavy atom. The van der Waals surface area contributed by atoms with Gasteiger partial charge in [0.2, 0.25) is 0 Å². The molecule has 1 N–H and O–H groups in total. The van der Waals surface area contributed by atoms with Gasteiger partial charge in [-0.15, -0.1) is 31.7 Å². The number of phenols is 1. The molecular formula is C34H35Cl2OTi. The third-order valence-corrected chi connectivity index (χ3v) is 7.22. The molecule has 0 heterocycles. The van der Waals surface area contributed by atoms with Gasteiger partial charge in [0.1, 0.15) is 5.75 Å². The average molecular weight is 578 g/mol. The summed E-state index contributed by atoms with van der Waals surface area (Å²) in [5.41, 5.74) is 8.99. The number of phenolic OH excluding ortho intramolecular Hbond substituents is 1. The molecule has 195 valence electrons. The van der Waals surface area contributed by atoms with Gasteiger partial charge < -0.3 is 5.11 Å². The van der Waals surface area contributed by atoms with E-state index in [0.29, 0.717) is 11.7 Å².